The van der Waals surface area contributed by atoms with Gasteiger partial charge in [0.15, 0.2) is 0 Å². The number of benzene rings is 6. The van der Waals surface area contributed by atoms with Gasteiger partial charge in [0, 0.05) is 49.7 Å². The van der Waals surface area contributed by atoms with Crippen molar-refractivity contribution in [2.75, 3.05) is 0 Å². The summed E-state index contributed by atoms with van der Waals surface area (Å²) >= 11 is 0. The van der Waals surface area contributed by atoms with Gasteiger partial charge in [-0.15, -0.1) is 35.2 Å². The standard InChI is InChI=1S/C59H58N4O.Pt/c1-56(2,3)42-26-28-45(29-27-42)61-39-62(55(58(7,8)9)54(61)57(4,5)6)46-34-41(40-20-14-12-15-21-40)35-48(37-46)64-47-30-31-50-49-24-18-19-25-51(49)63(52(50)38-47)53-36-44(32-33-60-53)59(10,11)43-22-16-13-17-23-43;/h12-36H,1-11H3;/q-2;. The first kappa shape index (κ1) is 45.5. The monoisotopic (exact) mass is 1030 g/mol. The third kappa shape index (κ3) is 8.76. The van der Waals surface area contributed by atoms with Crippen molar-refractivity contribution in [3.8, 4) is 39.8 Å². The molecule has 0 N–H and O–H groups in total. The Morgan fingerprint density at radius 2 is 1.20 bits per heavy atom. The number of imidazole rings is 1. The Hall–Kier alpha value is -6.03. The summed E-state index contributed by atoms with van der Waals surface area (Å²) < 4.78 is 13.6. The van der Waals surface area contributed by atoms with Crippen molar-refractivity contribution in [1.29, 1.82) is 0 Å². The Balaban J connectivity index is 0.00000576. The molecule has 5 nitrogen and oxygen atoms in total. The van der Waals surface area contributed by atoms with E-state index in [1.54, 1.807) is 0 Å². The van der Waals surface area contributed by atoms with Crippen LogP contribution >= 0.6 is 0 Å². The van der Waals surface area contributed by atoms with Gasteiger partial charge in [-0.25, -0.2) is 4.98 Å². The molecule has 65 heavy (non-hydrogen) atoms. The van der Waals surface area contributed by atoms with Crippen molar-refractivity contribution in [2.24, 2.45) is 0 Å². The van der Waals surface area contributed by atoms with Gasteiger partial charge in [-0.3, -0.25) is 4.57 Å². The number of ether oxygens (including phenoxy) is 1. The van der Waals surface area contributed by atoms with Gasteiger partial charge >= 0.3 is 0 Å². The molecule has 0 atom stereocenters. The summed E-state index contributed by atoms with van der Waals surface area (Å²) in [7, 11) is 0. The third-order valence-corrected chi connectivity index (χ3v) is 12.4. The van der Waals surface area contributed by atoms with E-state index in [1.165, 1.54) is 22.4 Å². The van der Waals surface area contributed by atoms with Gasteiger partial charge in [-0.2, -0.15) is 12.1 Å². The van der Waals surface area contributed by atoms with Crippen molar-refractivity contribution in [1.82, 2.24) is 14.1 Å². The molecule has 3 heterocycles. The van der Waals surface area contributed by atoms with E-state index in [0.29, 0.717) is 11.5 Å². The van der Waals surface area contributed by atoms with Crippen molar-refractivity contribution >= 4 is 21.8 Å². The van der Waals surface area contributed by atoms with Crippen LogP contribution in [-0.2, 0) is 42.7 Å². The summed E-state index contributed by atoms with van der Waals surface area (Å²) in [5.41, 5.74) is 11.4. The number of aromatic nitrogens is 4. The summed E-state index contributed by atoms with van der Waals surface area (Å²) in [4.78, 5) is 4.97. The Morgan fingerprint density at radius 1 is 0.538 bits per heavy atom. The van der Waals surface area contributed by atoms with Crippen LogP contribution in [0, 0.1) is 18.5 Å². The summed E-state index contributed by atoms with van der Waals surface area (Å²) in [6, 6.07) is 58.8. The van der Waals surface area contributed by atoms with Crippen LogP contribution in [0.15, 0.2) is 152 Å². The molecule has 0 bridgehead atoms. The quantitative estimate of drug-likeness (QED) is 0.112. The molecular weight excluding hydrogens is 976 g/mol. The predicted molar refractivity (Wildman–Crippen MR) is 263 cm³/mol. The molecule has 0 amide bonds. The van der Waals surface area contributed by atoms with E-state index in [1.807, 2.05) is 18.3 Å². The minimum absolute atomic E-state index is 0. The summed E-state index contributed by atoms with van der Waals surface area (Å²) in [6.45, 7) is 25.0. The van der Waals surface area contributed by atoms with E-state index in [0.717, 1.165) is 55.8 Å². The van der Waals surface area contributed by atoms with Gasteiger partial charge in [-0.1, -0.05) is 173 Å². The van der Waals surface area contributed by atoms with Crippen molar-refractivity contribution in [3.63, 3.8) is 0 Å². The number of pyridine rings is 1. The van der Waals surface area contributed by atoms with Crippen LogP contribution in [0.3, 0.4) is 0 Å². The summed E-state index contributed by atoms with van der Waals surface area (Å²) in [5.74, 6) is 2.00. The maximum absolute atomic E-state index is 6.91. The van der Waals surface area contributed by atoms with E-state index >= 15 is 0 Å². The van der Waals surface area contributed by atoms with Gasteiger partial charge in [0.2, 0.25) is 0 Å². The number of para-hydroxylation sites is 1. The molecule has 0 saturated carbocycles. The minimum atomic E-state index is -0.249. The Bertz CT molecular complexity index is 3140. The van der Waals surface area contributed by atoms with E-state index in [4.69, 9.17) is 9.72 Å². The molecule has 0 aliphatic rings. The van der Waals surface area contributed by atoms with Crippen LogP contribution in [0.25, 0.3) is 50.1 Å². The van der Waals surface area contributed by atoms with Crippen molar-refractivity contribution in [3.05, 3.63) is 198 Å². The Morgan fingerprint density at radius 3 is 1.86 bits per heavy atom. The van der Waals surface area contributed by atoms with Crippen LogP contribution in [-0.4, -0.2) is 14.1 Å². The second kappa shape index (κ2) is 17.1. The predicted octanol–water partition coefficient (Wildman–Crippen LogP) is 14.3. The molecule has 3 aromatic heterocycles. The van der Waals surface area contributed by atoms with Crippen LogP contribution in [0.1, 0.15) is 104 Å². The second-order valence-corrected chi connectivity index (χ2v) is 20.7. The van der Waals surface area contributed by atoms with Crippen LogP contribution in [0.5, 0.6) is 11.5 Å². The molecule has 0 radical (unpaired) electrons. The van der Waals surface area contributed by atoms with Crippen molar-refractivity contribution < 1.29 is 30.4 Å². The van der Waals surface area contributed by atoms with Gasteiger partial charge in [0.05, 0.1) is 17.1 Å². The molecule has 332 valence electrons. The summed E-state index contributed by atoms with van der Waals surface area (Å²) in [6.07, 6.45) is 5.76. The normalized spacial score (nSPS) is 12.4. The number of nitrogens with zero attached hydrogens (tertiary/aromatic N) is 4. The molecule has 0 spiro atoms. The molecule has 0 fully saturated rings. The maximum atomic E-state index is 6.91. The maximum Gasteiger partial charge on any atom is 0.267 e. The SMILES string of the molecule is CC(C)(C)c1ccc(-[n+]2[c-]n(-c3[c-]c(Oc4[c-]c5c(cc4)c4ccccc4n5-c4cc(C(C)(C)c5ccccc5)ccn4)cc(-c4ccccc4)c3)c(C(C)(C)C)c2C(C)(C)C)cc1.[Pt]. The van der Waals surface area contributed by atoms with Crippen LogP contribution < -0.4 is 9.30 Å². The van der Waals surface area contributed by atoms with Crippen LogP contribution in [0.4, 0.5) is 0 Å². The molecule has 0 saturated heterocycles. The third-order valence-electron chi connectivity index (χ3n) is 12.4. The fraction of sp³-hybridized carbons (Fsp3) is 0.254. The van der Waals surface area contributed by atoms with E-state index < -0.39 is 0 Å². The van der Waals surface area contributed by atoms with Crippen LogP contribution in [0.2, 0.25) is 0 Å². The van der Waals surface area contributed by atoms with Gasteiger partial charge in [0.25, 0.3) is 6.33 Å². The molecule has 9 rings (SSSR count). The number of fused-ring (bicyclic) bond motifs is 3. The zero-order chi connectivity index (χ0) is 45.2. The fourth-order valence-corrected chi connectivity index (χ4v) is 9.01. The molecule has 9 aromatic rings. The van der Waals surface area contributed by atoms with E-state index in [-0.39, 0.29) is 42.7 Å². The zero-order valence-electron chi connectivity index (χ0n) is 39.4. The number of hydrogen-bond acceptors (Lipinski definition) is 2. The van der Waals surface area contributed by atoms with Gasteiger partial charge in [0.1, 0.15) is 5.82 Å². The Kier molecular flexibility index (Phi) is 12.0. The molecule has 6 heteroatoms. The number of rotatable bonds is 8. The average Bonchev–Trinajstić information content (AvgIpc) is 3.85. The minimum Gasteiger partial charge on any atom is -0.510 e. The Labute approximate surface area is 400 Å². The van der Waals surface area contributed by atoms with E-state index in [2.05, 4.69) is 242 Å². The molecular formula is C59H58N4OPt-2. The topological polar surface area (TPSA) is 35.9 Å². The molecule has 0 unspecified atom stereocenters. The first-order valence-electron chi connectivity index (χ1n) is 22.4. The largest absolute Gasteiger partial charge is 0.510 e. The number of hydrogen-bond donors (Lipinski definition) is 0. The molecule has 6 aromatic carbocycles. The van der Waals surface area contributed by atoms with E-state index in [9.17, 15) is 0 Å². The summed E-state index contributed by atoms with van der Waals surface area (Å²) in [5, 5.41) is 2.20. The molecule has 0 aliphatic heterocycles. The fourth-order valence-electron chi connectivity index (χ4n) is 9.01. The van der Waals surface area contributed by atoms with Crippen molar-refractivity contribution in [2.45, 2.75) is 97.8 Å². The average molecular weight is 1030 g/mol. The molecule has 0 aliphatic carbocycles. The van der Waals surface area contributed by atoms with Gasteiger partial charge in [-0.05, 0) is 79.9 Å². The second-order valence-electron chi connectivity index (χ2n) is 20.7. The first-order chi connectivity index (χ1) is 30.4. The first-order valence-corrected chi connectivity index (χ1v) is 22.4. The zero-order valence-corrected chi connectivity index (χ0v) is 41.7. The van der Waals surface area contributed by atoms with Gasteiger partial charge < -0.3 is 13.9 Å². The smallest absolute Gasteiger partial charge is 0.267 e.